The summed E-state index contributed by atoms with van der Waals surface area (Å²) in [6.45, 7) is 0. The molecular formula is C25H23NO. The van der Waals surface area contributed by atoms with E-state index in [-0.39, 0.29) is 0 Å². The zero-order valence-electron chi connectivity index (χ0n) is 15.4. The van der Waals surface area contributed by atoms with Crippen LogP contribution in [0.15, 0.2) is 84.9 Å². The highest BCUT2D eigenvalue weighted by molar-refractivity contribution is 5.71. The van der Waals surface area contributed by atoms with E-state index in [0.29, 0.717) is 17.9 Å². The predicted octanol–water partition coefficient (Wildman–Crippen LogP) is 6.19. The molecule has 1 aliphatic carbocycles. The Kier molecular flexibility index (Phi) is 3.97. The summed E-state index contributed by atoms with van der Waals surface area (Å²) >= 11 is 0. The molecule has 0 radical (unpaired) electrons. The van der Waals surface area contributed by atoms with E-state index in [2.05, 4.69) is 84.2 Å². The summed E-state index contributed by atoms with van der Waals surface area (Å²) < 4.78 is 5.45. The van der Waals surface area contributed by atoms with Crippen LogP contribution in [-0.4, -0.2) is 7.11 Å². The molecule has 1 heterocycles. The molecule has 0 spiro atoms. The highest BCUT2D eigenvalue weighted by Crippen LogP contribution is 2.50. The van der Waals surface area contributed by atoms with Crippen LogP contribution in [0.1, 0.15) is 29.5 Å². The smallest absolute Gasteiger partial charge is 0.119 e. The van der Waals surface area contributed by atoms with Crippen LogP contribution in [0, 0.1) is 5.92 Å². The zero-order valence-corrected chi connectivity index (χ0v) is 15.4. The molecule has 0 saturated carbocycles. The maximum absolute atomic E-state index is 5.45. The summed E-state index contributed by atoms with van der Waals surface area (Å²) in [6, 6.07) is 26.2. The first-order chi connectivity index (χ1) is 13.3. The van der Waals surface area contributed by atoms with Gasteiger partial charge < -0.3 is 10.1 Å². The summed E-state index contributed by atoms with van der Waals surface area (Å²) in [5.41, 5.74) is 6.51. The normalized spacial score (nSPS) is 22.6. The highest BCUT2D eigenvalue weighted by Gasteiger charge is 2.38. The van der Waals surface area contributed by atoms with Gasteiger partial charge in [0.1, 0.15) is 5.75 Å². The standard InChI is InChI=1S/C25H23NO/c1-27-20-10-5-9-19(15-20)25-22-12-6-11-21(22)23-16-18(13-14-24(23)26-25)17-7-3-2-4-8-17/h2-11,13-16,21-22,25-26H,12H2,1H3/t21-,22-,25-/m0/s1. The fourth-order valence-electron chi connectivity index (χ4n) is 4.57. The lowest BCUT2D eigenvalue weighted by molar-refractivity contribution is 0.406. The minimum atomic E-state index is 0.301. The first-order valence-electron chi connectivity index (χ1n) is 9.60. The molecule has 3 aromatic rings. The second kappa shape index (κ2) is 6.62. The van der Waals surface area contributed by atoms with Crippen LogP contribution in [0.3, 0.4) is 0 Å². The van der Waals surface area contributed by atoms with E-state index in [4.69, 9.17) is 4.74 Å². The molecule has 0 unspecified atom stereocenters. The maximum atomic E-state index is 5.45. The Hall–Kier alpha value is -3.00. The average Bonchev–Trinajstić information content (AvgIpc) is 3.24. The molecule has 134 valence electrons. The Balaban J connectivity index is 1.55. The number of nitrogens with one attached hydrogen (secondary N) is 1. The Labute approximate surface area is 160 Å². The lowest BCUT2D eigenvalue weighted by Crippen LogP contribution is -2.29. The van der Waals surface area contributed by atoms with Crippen LogP contribution in [0.4, 0.5) is 5.69 Å². The number of ether oxygens (including phenoxy) is 1. The molecule has 0 bridgehead atoms. The summed E-state index contributed by atoms with van der Waals surface area (Å²) in [4.78, 5) is 0. The van der Waals surface area contributed by atoms with E-state index >= 15 is 0 Å². The second-order valence-electron chi connectivity index (χ2n) is 7.42. The Morgan fingerprint density at radius 3 is 2.63 bits per heavy atom. The lowest BCUT2D eigenvalue weighted by Gasteiger charge is -2.38. The van der Waals surface area contributed by atoms with Crippen molar-refractivity contribution in [3.8, 4) is 16.9 Å². The van der Waals surface area contributed by atoms with Gasteiger partial charge in [0, 0.05) is 11.6 Å². The minimum absolute atomic E-state index is 0.301. The van der Waals surface area contributed by atoms with E-state index in [1.807, 2.05) is 6.07 Å². The van der Waals surface area contributed by atoms with Crippen molar-refractivity contribution in [2.45, 2.75) is 18.4 Å². The van der Waals surface area contributed by atoms with Gasteiger partial charge in [-0.25, -0.2) is 0 Å². The number of hydrogen-bond acceptors (Lipinski definition) is 2. The van der Waals surface area contributed by atoms with Gasteiger partial charge in [0.25, 0.3) is 0 Å². The van der Waals surface area contributed by atoms with Crippen molar-refractivity contribution in [2.75, 3.05) is 12.4 Å². The van der Waals surface area contributed by atoms with Gasteiger partial charge in [-0.3, -0.25) is 0 Å². The van der Waals surface area contributed by atoms with Gasteiger partial charge in [0.05, 0.1) is 13.2 Å². The van der Waals surface area contributed by atoms with Crippen LogP contribution in [0.5, 0.6) is 5.75 Å². The maximum Gasteiger partial charge on any atom is 0.119 e. The number of rotatable bonds is 3. The fourth-order valence-corrected chi connectivity index (χ4v) is 4.57. The van der Waals surface area contributed by atoms with Crippen LogP contribution in [-0.2, 0) is 0 Å². The highest BCUT2D eigenvalue weighted by atomic mass is 16.5. The van der Waals surface area contributed by atoms with E-state index in [1.54, 1.807) is 7.11 Å². The number of methoxy groups -OCH3 is 1. The van der Waals surface area contributed by atoms with Gasteiger partial charge in [-0.2, -0.15) is 0 Å². The summed E-state index contributed by atoms with van der Waals surface area (Å²) in [7, 11) is 1.73. The molecule has 27 heavy (non-hydrogen) atoms. The molecular weight excluding hydrogens is 330 g/mol. The van der Waals surface area contributed by atoms with Gasteiger partial charge in [-0.1, -0.05) is 60.7 Å². The summed E-state index contributed by atoms with van der Waals surface area (Å²) in [6.07, 6.45) is 5.84. The van der Waals surface area contributed by atoms with Crippen LogP contribution >= 0.6 is 0 Å². The van der Waals surface area contributed by atoms with Crippen molar-refractivity contribution < 1.29 is 4.74 Å². The number of hydrogen-bond donors (Lipinski definition) is 1. The van der Waals surface area contributed by atoms with Gasteiger partial charge in [-0.05, 0) is 58.9 Å². The molecule has 0 amide bonds. The van der Waals surface area contributed by atoms with Gasteiger partial charge in [-0.15, -0.1) is 0 Å². The summed E-state index contributed by atoms with van der Waals surface area (Å²) in [5, 5.41) is 3.82. The molecule has 3 atom stereocenters. The number of fused-ring (bicyclic) bond motifs is 3. The monoisotopic (exact) mass is 353 g/mol. The molecule has 0 saturated heterocycles. The van der Waals surface area contributed by atoms with Crippen LogP contribution in [0.2, 0.25) is 0 Å². The third kappa shape index (κ3) is 2.82. The van der Waals surface area contributed by atoms with Crippen molar-refractivity contribution in [2.24, 2.45) is 5.92 Å². The molecule has 1 aliphatic heterocycles. The SMILES string of the molecule is COc1cccc([C@@H]2Nc3ccc(-c4ccccc4)cc3[C@H]3C=CC[C@@H]32)c1. The van der Waals surface area contributed by atoms with E-state index in [1.165, 1.54) is 27.9 Å². The number of allylic oxidation sites excluding steroid dienone is 2. The Morgan fingerprint density at radius 2 is 1.78 bits per heavy atom. The first kappa shape index (κ1) is 16.2. The topological polar surface area (TPSA) is 21.3 Å². The van der Waals surface area contributed by atoms with E-state index in [0.717, 1.165) is 12.2 Å². The molecule has 0 fully saturated rings. The van der Waals surface area contributed by atoms with Crippen LogP contribution in [0.25, 0.3) is 11.1 Å². The average molecular weight is 353 g/mol. The van der Waals surface area contributed by atoms with Crippen molar-refractivity contribution >= 4 is 5.69 Å². The molecule has 2 heteroatoms. The first-order valence-corrected chi connectivity index (χ1v) is 9.60. The third-order valence-corrected chi connectivity index (χ3v) is 5.92. The quantitative estimate of drug-likeness (QED) is 0.567. The lowest BCUT2D eigenvalue weighted by atomic mass is 9.76. The fraction of sp³-hybridized carbons (Fsp3) is 0.200. The van der Waals surface area contributed by atoms with Gasteiger partial charge >= 0.3 is 0 Å². The summed E-state index contributed by atoms with van der Waals surface area (Å²) in [5.74, 6) is 1.92. The van der Waals surface area contributed by atoms with E-state index < -0.39 is 0 Å². The largest absolute Gasteiger partial charge is 0.497 e. The third-order valence-electron chi connectivity index (χ3n) is 5.92. The van der Waals surface area contributed by atoms with Gasteiger partial charge in [0.2, 0.25) is 0 Å². The molecule has 0 aromatic heterocycles. The molecule has 5 rings (SSSR count). The van der Waals surface area contributed by atoms with Crippen LogP contribution < -0.4 is 10.1 Å². The minimum Gasteiger partial charge on any atom is -0.497 e. The van der Waals surface area contributed by atoms with Crippen molar-refractivity contribution in [3.63, 3.8) is 0 Å². The number of anilines is 1. The molecule has 1 N–H and O–H groups in total. The molecule has 3 aromatic carbocycles. The molecule has 2 nitrogen and oxygen atoms in total. The number of benzene rings is 3. The zero-order chi connectivity index (χ0) is 18.2. The van der Waals surface area contributed by atoms with Crippen molar-refractivity contribution in [1.29, 1.82) is 0 Å². The Bertz CT molecular complexity index is 992. The van der Waals surface area contributed by atoms with Crippen molar-refractivity contribution in [3.05, 3.63) is 96.1 Å². The predicted molar refractivity (Wildman–Crippen MR) is 111 cm³/mol. The van der Waals surface area contributed by atoms with Gasteiger partial charge in [0.15, 0.2) is 0 Å². The molecule has 2 aliphatic rings. The van der Waals surface area contributed by atoms with Crippen molar-refractivity contribution in [1.82, 2.24) is 0 Å². The Morgan fingerprint density at radius 1 is 0.889 bits per heavy atom. The van der Waals surface area contributed by atoms with E-state index in [9.17, 15) is 0 Å². The second-order valence-corrected chi connectivity index (χ2v) is 7.42.